The van der Waals surface area contributed by atoms with Crippen LogP contribution in [0.2, 0.25) is 0 Å². The zero-order valence-corrected chi connectivity index (χ0v) is 19.5. The van der Waals surface area contributed by atoms with E-state index in [1.807, 2.05) is 11.3 Å². The number of ether oxygens (including phenoxy) is 1. The molecule has 1 aliphatic carbocycles. The van der Waals surface area contributed by atoms with Crippen molar-refractivity contribution >= 4 is 21.6 Å². The second kappa shape index (κ2) is 7.61. The van der Waals surface area contributed by atoms with Crippen LogP contribution in [-0.2, 0) is 0 Å². The van der Waals surface area contributed by atoms with Gasteiger partial charge in [0.15, 0.2) is 13.1 Å². The van der Waals surface area contributed by atoms with Gasteiger partial charge >= 0.3 is 0 Å². The van der Waals surface area contributed by atoms with Gasteiger partial charge in [-0.3, -0.25) is 4.90 Å². The molecule has 2 unspecified atom stereocenters. The Morgan fingerprint density at radius 3 is 2.43 bits per heavy atom. The van der Waals surface area contributed by atoms with Gasteiger partial charge in [0.2, 0.25) is 5.36 Å². The summed E-state index contributed by atoms with van der Waals surface area (Å²) >= 11 is 1.82. The van der Waals surface area contributed by atoms with Crippen molar-refractivity contribution in [3.8, 4) is 16.3 Å². The van der Waals surface area contributed by atoms with Crippen LogP contribution in [0.5, 0.6) is 5.75 Å². The van der Waals surface area contributed by atoms with Gasteiger partial charge in [0, 0.05) is 18.2 Å². The van der Waals surface area contributed by atoms with Gasteiger partial charge in [0.25, 0.3) is 0 Å². The summed E-state index contributed by atoms with van der Waals surface area (Å²) < 4.78 is 9.45. The molecule has 0 amide bonds. The number of rotatable bonds is 3. The zero-order chi connectivity index (χ0) is 21.0. The van der Waals surface area contributed by atoms with Gasteiger partial charge < -0.3 is 4.74 Å². The second-order valence-electron chi connectivity index (χ2n) is 9.41. The van der Waals surface area contributed by atoms with Gasteiger partial charge in [-0.1, -0.05) is 13.8 Å². The molecule has 2 fully saturated rings. The van der Waals surface area contributed by atoms with Crippen LogP contribution in [-0.4, -0.2) is 48.2 Å². The van der Waals surface area contributed by atoms with E-state index in [1.54, 1.807) is 7.11 Å². The fraction of sp³-hybridized carbons (Fsp3) is 0.520. The minimum Gasteiger partial charge on any atom is -0.496 e. The normalized spacial score (nSPS) is 22.0. The summed E-state index contributed by atoms with van der Waals surface area (Å²) in [4.78, 5) is 8.98. The number of methoxy groups -OCH3 is 1. The van der Waals surface area contributed by atoms with E-state index in [2.05, 4.69) is 67.5 Å². The number of piperazine rings is 1. The van der Waals surface area contributed by atoms with E-state index in [0.717, 1.165) is 30.0 Å². The molecule has 5 heteroatoms. The summed E-state index contributed by atoms with van der Waals surface area (Å²) in [5.41, 5.74) is 3.37. The maximum atomic E-state index is 5.67. The Balaban J connectivity index is 1.60. The van der Waals surface area contributed by atoms with E-state index < -0.39 is 0 Å². The van der Waals surface area contributed by atoms with Crippen molar-refractivity contribution in [2.75, 3.05) is 20.2 Å². The number of hydrogen-bond donors (Lipinski definition) is 0. The predicted octanol–water partition coefficient (Wildman–Crippen LogP) is 4.56. The number of hydrogen-bond acceptors (Lipinski definition) is 4. The van der Waals surface area contributed by atoms with E-state index >= 15 is 0 Å². The zero-order valence-electron chi connectivity index (χ0n) is 18.7. The van der Waals surface area contributed by atoms with Gasteiger partial charge in [-0.05, 0) is 56.4 Å². The minimum atomic E-state index is 0.411. The SMILES string of the molecule is COc1cc2sc3cc(=[N+]4CC5CCC(C4)N5C(C)C)ccc-3nc2cc1C(C)C. The third-order valence-corrected chi connectivity index (χ3v) is 7.93. The summed E-state index contributed by atoms with van der Waals surface area (Å²) in [6.45, 7) is 11.4. The fourth-order valence-corrected chi connectivity index (χ4v) is 6.48. The number of benzene rings is 2. The number of fused-ring (bicyclic) bond motifs is 4. The molecule has 4 aliphatic rings. The molecular formula is C25H32N3OS+. The third kappa shape index (κ3) is 3.32. The molecule has 0 radical (unpaired) electrons. The van der Waals surface area contributed by atoms with Crippen molar-refractivity contribution in [2.45, 2.75) is 64.6 Å². The minimum absolute atomic E-state index is 0.411. The topological polar surface area (TPSA) is 28.4 Å². The highest BCUT2D eigenvalue weighted by Gasteiger charge is 2.43. The monoisotopic (exact) mass is 422 g/mol. The molecule has 2 saturated heterocycles. The molecule has 3 heterocycles. The van der Waals surface area contributed by atoms with Crippen molar-refractivity contribution in [3.63, 3.8) is 0 Å². The van der Waals surface area contributed by atoms with Crippen LogP contribution in [0.1, 0.15) is 52.0 Å². The van der Waals surface area contributed by atoms with Crippen molar-refractivity contribution in [2.24, 2.45) is 0 Å². The van der Waals surface area contributed by atoms with Crippen LogP contribution >= 0.6 is 11.3 Å². The maximum absolute atomic E-state index is 5.67. The molecule has 0 saturated carbocycles. The van der Waals surface area contributed by atoms with Crippen LogP contribution in [0.15, 0.2) is 30.3 Å². The lowest BCUT2D eigenvalue weighted by Crippen LogP contribution is -2.56. The van der Waals surface area contributed by atoms with Gasteiger partial charge in [0.1, 0.15) is 5.75 Å². The lowest BCUT2D eigenvalue weighted by molar-refractivity contribution is 0.104. The molecule has 2 bridgehead atoms. The molecule has 2 atom stereocenters. The molecule has 4 nitrogen and oxygen atoms in total. The standard InChI is InChI=1S/C25H32N3OS/c1-15(2)20-11-22-25(12-23(20)29-5)30-24-10-17(8-9-21(24)26-22)27-13-18-6-7-19(14-27)28(18)16(3)4/h8-12,15-16,18-19H,6-7,13-14H2,1-5H3/q+1. The highest BCUT2D eigenvalue weighted by Crippen LogP contribution is 2.36. The smallest absolute Gasteiger partial charge is 0.201 e. The Hall–Kier alpha value is -1.98. The Kier molecular flexibility index (Phi) is 5.06. The van der Waals surface area contributed by atoms with Crippen LogP contribution in [0.25, 0.3) is 20.8 Å². The predicted molar refractivity (Wildman–Crippen MR) is 126 cm³/mol. The summed E-state index contributed by atoms with van der Waals surface area (Å²) in [7, 11) is 1.76. The molecule has 30 heavy (non-hydrogen) atoms. The Labute approximate surface area is 183 Å². The third-order valence-electron chi connectivity index (χ3n) is 6.84. The van der Waals surface area contributed by atoms with Crippen molar-refractivity contribution < 1.29 is 4.74 Å². The van der Waals surface area contributed by atoms with Gasteiger partial charge in [-0.2, -0.15) is 0 Å². The highest BCUT2D eigenvalue weighted by molar-refractivity contribution is 7.21. The van der Waals surface area contributed by atoms with E-state index in [9.17, 15) is 0 Å². The summed E-state index contributed by atoms with van der Waals surface area (Å²) in [6, 6.07) is 13.2. The Morgan fingerprint density at radius 1 is 1.07 bits per heavy atom. The Morgan fingerprint density at radius 2 is 1.80 bits per heavy atom. The maximum Gasteiger partial charge on any atom is 0.201 e. The van der Waals surface area contributed by atoms with Gasteiger partial charge in [0.05, 0.1) is 40.0 Å². The van der Waals surface area contributed by atoms with Gasteiger partial charge in [-0.25, -0.2) is 9.56 Å². The molecule has 1 aromatic carbocycles. The van der Waals surface area contributed by atoms with Crippen LogP contribution in [0, 0.1) is 0 Å². The largest absolute Gasteiger partial charge is 0.496 e. The molecular weight excluding hydrogens is 390 g/mol. The summed E-state index contributed by atoms with van der Waals surface area (Å²) in [5.74, 6) is 1.38. The number of nitrogens with zero attached hydrogens (tertiary/aromatic N) is 3. The summed E-state index contributed by atoms with van der Waals surface area (Å²) in [6.07, 6.45) is 2.67. The van der Waals surface area contributed by atoms with Crippen LogP contribution in [0.4, 0.5) is 0 Å². The highest BCUT2D eigenvalue weighted by atomic mass is 32.1. The van der Waals surface area contributed by atoms with E-state index in [1.165, 1.54) is 33.3 Å². The first-order valence-electron chi connectivity index (χ1n) is 11.2. The van der Waals surface area contributed by atoms with Crippen molar-refractivity contribution in [1.82, 2.24) is 14.5 Å². The van der Waals surface area contributed by atoms with Crippen LogP contribution in [0.3, 0.4) is 0 Å². The Bertz CT molecular complexity index is 1120. The molecule has 0 N–H and O–H groups in total. The fourth-order valence-electron chi connectivity index (χ4n) is 5.47. The first-order valence-corrected chi connectivity index (χ1v) is 12.0. The quantitative estimate of drug-likeness (QED) is 0.458. The first kappa shape index (κ1) is 20.0. The lowest BCUT2D eigenvalue weighted by atomic mass is 10.0. The average molecular weight is 423 g/mol. The molecule has 1 aromatic rings. The molecule has 0 spiro atoms. The van der Waals surface area contributed by atoms with E-state index in [4.69, 9.17) is 9.72 Å². The molecule has 5 rings (SSSR count). The lowest BCUT2D eigenvalue weighted by Gasteiger charge is -2.35. The molecule has 3 aliphatic heterocycles. The molecule has 158 valence electrons. The van der Waals surface area contributed by atoms with E-state index in [-0.39, 0.29) is 0 Å². The first-order chi connectivity index (χ1) is 14.4. The average Bonchev–Trinajstić information content (AvgIpc) is 3.01. The van der Waals surface area contributed by atoms with Crippen LogP contribution < -0.4 is 14.7 Å². The van der Waals surface area contributed by atoms with E-state index in [0.29, 0.717) is 24.0 Å². The second-order valence-corrected chi connectivity index (χ2v) is 10.5. The summed E-state index contributed by atoms with van der Waals surface area (Å²) in [5, 5.41) is 1.34. The van der Waals surface area contributed by atoms with Crippen molar-refractivity contribution in [1.29, 1.82) is 0 Å². The molecule has 0 aromatic heterocycles. The number of aromatic nitrogens is 1. The van der Waals surface area contributed by atoms with Gasteiger partial charge in [-0.15, -0.1) is 11.3 Å². The van der Waals surface area contributed by atoms with Crippen molar-refractivity contribution in [3.05, 3.63) is 41.3 Å².